The Morgan fingerprint density at radius 1 is 1.13 bits per heavy atom. The second kappa shape index (κ2) is 12.8. The van der Waals surface area contributed by atoms with Crippen LogP contribution in [0.25, 0.3) is 0 Å². The summed E-state index contributed by atoms with van der Waals surface area (Å²) in [5, 5.41) is 10.3. The molecule has 0 spiro atoms. The highest BCUT2D eigenvalue weighted by Crippen LogP contribution is 2.27. The van der Waals surface area contributed by atoms with Gasteiger partial charge < -0.3 is 14.6 Å². The van der Waals surface area contributed by atoms with Gasteiger partial charge in [0.25, 0.3) is 0 Å². The quantitative estimate of drug-likeness (QED) is 0.403. The van der Waals surface area contributed by atoms with E-state index >= 15 is 0 Å². The number of carbonyl (C=O) groups excluding carboxylic acids is 1. The molecule has 0 aromatic heterocycles. The summed E-state index contributed by atoms with van der Waals surface area (Å²) in [4.78, 5) is 11.0. The molecule has 0 bridgehead atoms. The van der Waals surface area contributed by atoms with Crippen LogP contribution in [-0.2, 0) is 14.3 Å². The third kappa shape index (κ3) is 9.31. The molecule has 4 heteroatoms. The zero-order valence-corrected chi connectivity index (χ0v) is 15.1. The Morgan fingerprint density at radius 2 is 1.87 bits per heavy atom. The number of methoxy groups -OCH3 is 1. The summed E-state index contributed by atoms with van der Waals surface area (Å²) in [5.41, 5.74) is 0. The van der Waals surface area contributed by atoms with Gasteiger partial charge in [-0.05, 0) is 32.1 Å². The van der Waals surface area contributed by atoms with E-state index in [0.29, 0.717) is 6.42 Å². The molecule has 136 valence electrons. The van der Waals surface area contributed by atoms with E-state index in [1.54, 1.807) is 0 Å². The lowest BCUT2D eigenvalue weighted by Gasteiger charge is -2.19. The Kier molecular flexibility index (Phi) is 11.3. The van der Waals surface area contributed by atoms with Gasteiger partial charge in [0.15, 0.2) is 0 Å². The third-order valence-electron chi connectivity index (χ3n) is 4.81. The summed E-state index contributed by atoms with van der Waals surface area (Å²) in [7, 11) is 1.43. The van der Waals surface area contributed by atoms with Gasteiger partial charge in [-0.3, -0.25) is 4.79 Å². The minimum Gasteiger partial charge on any atom is -0.469 e. The molecule has 1 aliphatic heterocycles. The van der Waals surface area contributed by atoms with Crippen molar-refractivity contribution in [3.8, 4) is 0 Å². The fourth-order valence-corrected chi connectivity index (χ4v) is 3.29. The van der Waals surface area contributed by atoms with E-state index in [4.69, 9.17) is 4.74 Å². The molecule has 0 radical (unpaired) electrons. The van der Waals surface area contributed by atoms with Crippen LogP contribution in [-0.4, -0.2) is 36.5 Å². The Hall–Kier alpha value is -0.610. The van der Waals surface area contributed by atoms with E-state index in [-0.39, 0.29) is 24.3 Å². The number of aliphatic hydroxyl groups excluding tert-OH is 1. The van der Waals surface area contributed by atoms with Gasteiger partial charge in [-0.1, -0.05) is 51.9 Å². The topological polar surface area (TPSA) is 55.8 Å². The molecule has 0 unspecified atom stereocenters. The maximum Gasteiger partial charge on any atom is 0.305 e. The number of carbonyl (C=O) groups is 1. The lowest BCUT2D eigenvalue weighted by Crippen LogP contribution is -2.26. The maximum atomic E-state index is 11.0. The molecule has 23 heavy (non-hydrogen) atoms. The van der Waals surface area contributed by atoms with Gasteiger partial charge >= 0.3 is 5.97 Å². The molecule has 0 aromatic carbocycles. The molecule has 3 atom stereocenters. The summed E-state index contributed by atoms with van der Waals surface area (Å²) >= 11 is 0. The molecule has 1 rings (SSSR count). The van der Waals surface area contributed by atoms with E-state index in [2.05, 4.69) is 11.7 Å². The van der Waals surface area contributed by atoms with Crippen LogP contribution < -0.4 is 0 Å². The summed E-state index contributed by atoms with van der Waals surface area (Å²) in [6.45, 7) is 2.23. The highest BCUT2D eigenvalue weighted by molar-refractivity contribution is 5.68. The number of ether oxygens (including phenoxy) is 2. The highest BCUT2D eigenvalue weighted by Gasteiger charge is 2.29. The first-order valence-corrected chi connectivity index (χ1v) is 9.57. The van der Waals surface area contributed by atoms with Gasteiger partial charge in [0.05, 0.1) is 25.4 Å². The number of unbranched alkanes of at least 4 members (excludes halogenated alkanes) is 6. The molecule has 0 aliphatic carbocycles. The standard InChI is InChI=1S/C19H36O4/c1-3-4-5-6-7-8-12-17(20)18-15-14-16(23-18)11-9-10-13-19(21)22-2/h16-18,20H,3-15H2,1-2H3/t16-,17+,18+/m0/s1. The first-order valence-electron chi connectivity index (χ1n) is 9.57. The third-order valence-corrected chi connectivity index (χ3v) is 4.81. The Bertz CT molecular complexity index is 306. The molecule has 1 heterocycles. The van der Waals surface area contributed by atoms with Gasteiger partial charge in [0.1, 0.15) is 0 Å². The van der Waals surface area contributed by atoms with Gasteiger partial charge in [-0.2, -0.15) is 0 Å². The van der Waals surface area contributed by atoms with Crippen LogP contribution in [0, 0.1) is 0 Å². The average molecular weight is 328 g/mol. The minimum absolute atomic E-state index is 0.0243. The van der Waals surface area contributed by atoms with Crippen LogP contribution in [0.5, 0.6) is 0 Å². The predicted octanol–water partition coefficient (Wildman–Crippen LogP) is 4.38. The maximum absolute atomic E-state index is 11.0. The highest BCUT2D eigenvalue weighted by atomic mass is 16.5. The van der Waals surface area contributed by atoms with Crippen molar-refractivity contribution in [2.45, 2.75) is 109 Å². The SMILES string of the molecule is CCCCCCCC[C@@H](O)[C@H]1CC[C@H](CCCCC(=O)OC)O1. The van der Waals surface area contributed by atoms with E-state index < -0.39 is 0 Å². The van der Waals surface area contributed by atoms with Crippen molar-refractivity contribution >= 4 is 5.97 Å². The number of aliphatic hydroxyl groups is 1. The molecule has 1 N–H and O–H groups in total. The predicted molar refractivity (Wildman–Crippen MR) is 92.4 cm³/mol. The first-order chi connectivity index (χ1) is 11.2. The molecule has 1 saturated heterocycles. The second-order valence-corrected chi connectivity index (χ2v) is 6.82. The molecular weight excluding hydrogens is 292 g/mol. The smallest absolute Gasteiger partial charge is 0.305 e. The van der Waals surface area contributed by atoms with Crippen molar-refractivity contribution in [1.29, 1.82) is 0 Å². The average Bonchev–Trinajstić information content (AvgIpc) is 3.03. The number of hydrogen-bond donors (Lipinski definition) is 1. The van der Waals surface area contributed by atoms with E-state index in [0.717, 1.165) is 44.9 Å². The van der Waals surface area contributed by atoms with Gasteiger partial charge in [0, 0.05) is 6.42 Å². The van der Waals surface area contributed by atoms with Crippen LogP contribution in [0.1, 0.15) is 90.4 Å². The van der Waals surface area contributed by atoms with Gasteiger partial charge in [-0.25, -0.2) is 0 Å². The lowest BCUT2D eigenvalue weighted by molar-refractivity contribution is -0.140. The number of hydrogen-bond acceptors (Lipinski definition) is 4. The molecular formula is C19H36O4. The van der Waals surface area contributed by atoms with Crippen LogP contribution in [0.2, 0.25) is 0 Å². The largest absolute Gasteiger partial charge is 0.469 e. The Labute approximate surface area is 141 Å². The van der Waals surface area contributed by atoms with E-state index in [9.17, 15) is 9.90 Å². The van der Waals surface area contributed by atoms with Crippen molar-refractivity contribution in [2.24, 2.45) is 0 Å². The fraction of sp³-hybridized carbons (Fsp3) is 0.947. The summed E-state index contributed by atoms with van der Waals surface area (Å²) in [6, 6.07) is 0. The first kappa shape index (κ1) is 20.4. The fourth-order valence-electron chi connectivity index (χ4n) is 3.29. The molecule has 1 aliphatic rings. The van der Waals surface area contributed by atoms with Crippen LogP contribution in [0.15, 0.2) is 0 Å². The van der Waals surface area contributed by atoms with Crippen molar-refractivity contribution in [3.05, 3.63) is 0 Å². The monoisotopic (exact) mass is 328 g/mol. The molecule has 1 fully saturated rings. The van der Waals surface area contributed by atoms with Crippen LogP contribution >= 0.6 is 0 Å². The van der Waals surface area contributed by atoms with E-state index in [1.165, 1.54) is 39.2 Å². The minimum atomic E-state index is -0.304. The zero-order valence-electron chi connectivity index (χ0n) is 15.1. The summed E-state index contributed by atoms with van der Waals surface area (Å²) < 4.78 is 10.6. The van der Waals surface area contributed by atoms with Gasteiger partial charge in [-0.15, -0.1) is 0 Å². The number of rotatable bonds is 13. The molecule has 0 aromatic rings. The van der Waals surface area contributed by atoms with Crippen LogP contribution in [0.3, 0.4) is 0 Å². The van der Waals surface area contributed by atoms with Crippen molar-refractivity contribution in [3.63, 3.8) is 0 Å². The van der Waals surface area contributed by atoms with Crippen LogP contribution in [0.4, 0.5) is 0 Å². The lowest BCUT2D eigenvalue weighted by atomic mass is 10.0. The van der Waals surface area contributed by atoms with Crippen molar-refractivity contribution in [1.82, 2.24) is 0 Å². The molecule has 0 saturated carbocycles. The molecule has 4 nitrogen and oxygen atoms in total. The van der Waals surface area contributed by atoms with Gasteiger partial charge in [0.2, 0.25) is 0 Å². The van der Waals surface area contributed by atoms with Crippen molar-refractivity contribution < 1.29 is 19.4 Å². The normalized spacial score (nSPS) is 22.2. The van der Waals surface area contributed by atoms with E-state index in [1.807, 2.05) is 0 Å². The Morgan fingerprint density at radius 3 is 2.61 bits per heavy atom. The second-order valence-electron chi connectivity index (χ2n) is 6.82. The zero-order chi connectivity index (χ0) is 16.9. The number of esters is 1. The molecule has 0 amide bonds. The summed E-state index contributed by atoms with van der Waals surface area (Å²) in [5.74, 6) is -0.135. The summed E-state index contributed by atoms with van der Waals surface area (Å²) in [6.07, 6.45) is 13.7. The Balaban J connectivity index is 2.03. The van der Waals surface area contributed by atoms with Crippen molar-refractivity contribution in [2.75, 3.05) is 7.11 Å².